The highest BCUT2D eigenvalue weighted by molar-refractivity contribution is 7.14. The van der Waals surface area contributed by atoms with Crippen LogP contribution in [0.1, 0.15) is 39.4 Å². The topological polar surface area (TPSA) is 77.8 Å². The molecular weight excluding hydrogens is 322 g/mol. The van der Waals surface area contributed by atoms with Gasteiger partial charge in [-0.1, -0.05) is 24.6 Å². The SMILES string of the molecule is O=C(N=Nc1c(O)[nH]c2ccccc12)c1cc2c(s1)CCCCC2. The van der Waals surface area contributed by atoms with E-state index in [1.54, 1.807) is 0 Å². The fourth-order valence-electron chi connectivity index (χ4n) is 3.13. The smallest absolute Gasteiger partial charge is 0.305 e. The van der Waals surface area contributed by atoms with Crippen molar-refractivity contribution in [2.24, 2.45) is 10.2 Å². The van der Waals surface area contributed by atoms with Crippen molar-refractivity contribution >= 4 is 33.8 Å². The molecule has 1 aliphatic rings. The van der Waals surface area contributed by atoms with Crippen LogP contribution in [0.5, 0.6) is 5.88 Å². The van der Waals surface area contributed by atoms with Crippen molar-refractivity contribution in [3.05, 3.63) is 45.6 Å². The first-order chi connectivity index (χ1) is 11.7. The Labute approximate surface area is 143 Å². The van der Waals surface area contributed by atoms with Gasteiger partial charge in [0, 0.05) is 10.3 Å². The fourth-order valence-corrected chi connectivity index (χ4v) is 4.26. The maximum Gasteiger partial charge on any atom is 0.305 e. The van der Waals surface area contributed by atoms with E-state index in [1.165, 1.54) is 41.0 Å². The Bertz CT molecular complexity index is 916. The maximum absolute atomic E-state index is 12.3. The number of carbonyl (C=O) groups is 1. The van der Waals surface area contributed by atoms with E-state index >= 15 is 0 Å². The number of aromatic hydroxyl groups is 1. The summed E-state index contributed by atoms with van der Waals surface area (Å²) in [7, 11) is 0. The third-order valence-corrected chi connectivity index (χ3v) is 5.58. The molecule has 0 bridgehead atoms. The molecule has 1 aliphatic carbocycles. The molecule has 3 aromatic rings. The summed E-state index contributed by atoms with van der Waals surface area (Å²) in [5.41, 5.74) is 2.35. The number of thiophene rings is 1. The van der Waals surface area contributed by atoms with Crippen LogP contribution in [-0.4, -0.2) is 16.0 Å². The van der Waals surface area contributed by atoms with Gasteiger partial charge in [0.25, 0.3) is 0 Å². The molecule has 122 valence electrons. The molecule has 0 saturated carbocycles. The maximum atomic E-state index is 12.3. The van der Waals surface area contributed by atoms with E-state index in [1.807, 2.05) is 30.3 Å². The number of H-pyrrole nitrogens is 1. The van der Waals surface area contributed by atoms with E-state index < -0.39 is 0 Å². The number of aromatic nitrogens is 1. The number of carbonyl (C=O) groups excluding carboxylic acids is 1. The lowest BCUT2D eigenvalue weighted by Crippen LogP contribution is -1.89. The lowest BCUT2D eigenvalue weighted by atomic mass is 10.1. The molecule has 0 radical (unpaired) electrons. The molecule has 5 nitrogen and oxygen atoms in total. The minimum Gasteiger partial charge on any atom is -0.493 e. The van der Waals surface area contributed by atoms with Gasteiger partial charge in [0.2, 0.25) is 5.88 Å². The van der Waals surface area contributed by atoms with Crippen LogP contribution in [0.15, 0.2) is 40.6 Å². The van der Waals surface area contributed by atoms with Crippen LogP contribution in [0.3, 0.4) is 0 Å². The molecule has 1 aromatic carbocycles. The number of nitrogens with one attached hydrogen (secondary N) is 1. The Kier molecular flexibility index (Phi) is 3.90. The van der Waals surface area contributed by atoms with E-state index in [0.29, 0.717) is 10.6 Å². The van der Waals surface area contributed by atoms with Gasteiger partial charge in [0.05, 0.1) is 10.4 Å². The molecule has 2 heterocycles. The number of amides is 1. The molecule has 6 heteroatoms. The number of hydrogen-bond acceptors (Lipinski definition) is 4. The summed E-state index contributed by atoms with van der Waals surface area (Å²) in [6.07, 6.45) is 5.71. The van der Waals surface area contributed by atoms with Crippen molar-refractivity contribution in [3.8, 4) is 5.88 Å². The number of azo groups is 1. The van der Waals surface area contributed by atoms with Crippen LogP contribution in [-0.2, 0) is 12.8 Å². The molecule has 2 aromatic heterocycles. The summed E-state index contributed by atoms with van der Waals surface area (Å²) < 4.78 is 0. The highest BCUT2D eigenvalue weighted by atomic mass is 32.1. The van der Waals surface area contributed by atoms with Crippen molar-refractivity contribution < 1.29 is 9.90 Å². The number of hydrogen-bond donors (Lipinski definition) is 2. The summed E-state index contributed by atoms with van der Waals surface area (Å²) in [6, 6.07) is 9.35. The van der Waals surface area contributed by atoms with Gasteiger partial charge < -0.3 is 10.1 Å². The standard InChI is InChI=1S/C18H17N3O2S/c22-17(15-10-11-6-2-1-3-9-14(11)24-15)21-20-16-12-7-4-5-8-13(12)19-18(16)23/h4-5,7-8,10,19,23H,1-3,6,9H2. The third-order valence-electron chi connectivity index (χ3n) is 4.36. The molecule has 1 amide bonds. The molecule has 0 fully saturated rings. The minimum atomic E-state index is -0.349. The quantitative estimate of drug-likeness (QED) is 0.501. The van der Waals surface area contributed by atoms with Crippen LogP contribution >= 0.6 is 11.3 Å². The van der Waals surface area contributed by atoms with Crippen LogP contribution in [0.25, 0.3) is 10.9 Å². The van der Waals surface area contributed by atoms with E-state index in [9.17, 15) is 9.90 Å². The van der Waals surface area contributed by atoms with Gasteiger partial charge in [-0.2, -0.15) is 0 Å². The monoisotopic (exact) mass is 339 g/mol. The van der Waals surface area contributed by atoms with Gasteiger partial charge >= 0.3 is 5.91 Å². The Morgan fingerprint density at radius 3 is 2.92 bits per heavy atom. The number of aromatic amines is 1. The number of benzene rings is 1. The van der Waals surface area contributed by atoms with Gasteiger partial charge in [0.15, 0.2) is 5.69 Å². The second-order valence-corrected chi connectivity index (χ2v) is 7.13. The van der Waals surface area contributed by atoms with E-state index in [-0.39, 0.29) is 11.8 Å². The van der Waals surface area contributed by atoms with Gasteiger partial charge in [-0.05, 0) is 43.4 Å². The van der Waals surface area contributed by atoms with Crippen molar-refractivity contribution in [2.45, 2.75) is 32.1 Å². The average Bonchev–Trinajstić information content (AvgIpc) is 3.05. The van der Waals surface area contributed by atoms with Gasteiger partial charge in [-0.15, -0.1) is 21.6 Å². The number of nitrogens with zero attached hydrogens (tertiary/aromatic N) is 2. The molecule has 0 unspecified atom stereocenters. The predicted molar refractivity (Wildman–Crippen MR) is 94.4 cm³/mol. The van der Waals surface area contributed by atoms with Crippen LogP contribution in [0, 0.1) is 0 Å². The van der Waals surface area contributed by atoms with Gasteiger partial charge in [-0.25, -0.2) is 0 Å². The van der Waals surface area contributed by atoms with Gasteiger partial charge in [-0.3, -0.25) is 4.79 Å². The summed E-state index contributed by atoms with van der Waals surface area (Å²) >= 11 is 1.53. The van der Waals surface area contributed by atoms with Crippen LogP contribution in [0.4, 0.5) is 5.69 Å². The summed E-state index contributed by atoms with van der Waals surface area (Å²) in [5.74, 6) is -0.424. The lowest BCUT2D eigenvalue weighted by Gasteiger charge is -1.92. The van der Waals surface area contributed by atoms with E-state index in [2.05, 4.69) is 15.2 Å². The van der Waals surface area contributed by atoms with Crippen molar-refractivity contribution in [1.29, 1.82) is 0 Å². The number of aryl methyl sites for hydroxylation is 2. The zero-order valence-corrected chi connectivity index (χ0v) is 13.9. The van der Waals surface area contributed by atoms with Crippen LogP contribution in [0.2, 0.25) is 0 Å². The molecule has 0 saturated heterocycles. The molecule has 0 atom stereocenters. The predicted octanol–water partition coefficient (Wildman–Crippen LogP) is 5.13. The Balaban J connectivity index is 1.61. The highest BCUT2D eigenvalue weighted by Crippen LogP contribution is 2.35. The van der Waals surface area contributed by atoms with Crippen LogP contribution < -0.4 is 0 Å². The first kappa shape index (κ1) is 15.1. The van der Waals surface area contributed by atoms with Crippen molar-refractivity contribution in [1.82, 2.24) is 4.98 Å². The van der Waals surface area contributed by atoms with Crippen molar-refractivity contribution in [3.63, 3.8) is 0 Å². The normalized spacial score (nSPS) is 14.8. The third kappa shape index (κ3) is 2.73. The zero-order chi connectivity index (χ0) is 16.5. The Morgan fingerprint density at radius 1 is 1.17 bits per heavy atom. The largest absolute Gasteiger partial charge is 0.493 e. The van der Waals surface area contributed by atoms with Gasteiger partial charge in [0.1, 0.15) is 0 Å². The summed E-state index contributed by atoms with van der Waals surface area (Å²) in [4.78, 5) is 17.1. The Morgan fingerprint density at radius 2 is 2.00 bits per heavy atom. The zero-order valence-electron chi connectivity index (χ0n) is 13.1. The molecular formula is C18H17N3O2S. The molecule has 0 spiro atoms. The Hall–Kier alpha value is -2.47. The molecule has 24 heavy (non-hydrogen) atoms. The second kappa shape index (κ2) is 6.20. The number of fused-ring (bicyclic) bond motifs is 2. The number of para-hydroxylation sites is 1. The fraction of sp³-hybridized carbons (Fsp3) is 0.278. The average molecular weight is 339 g/mol. The van der Waals surface area contributed by atoms with Crippen molar-refractivity contribution in [2.75, 3.05) is 0 Å². The first-order valence-corrected chi connectivity index (χ1v) is 8.91. The minimum absolute atomic E-state index is 0.0743. The molecule has 2 N–H and O–H groups in total. The van der Waals surface area contributed by atoms with E-state index in [0.717, 1.165) is 23.7 Å². The highest BCUT2D eigenvalue weighted by Gasteiger charge is 2.17. The summed E-state index contributed by atoms with van der Waals surface area (Å²) in [6.45, 7) is 0. The number of rotatable bonds is 2. The molecule has 0 aliphatic heterocycles. The van der Waals surface area contributed by atoms with E-state index in [4.69, 9.17) is 0 Å². The summed E-state index contributed by atoms with van der Waals surface area (Å²) in [5, 5.41) is 18.5. The molecule has 4 rings (SSSR count). The lowest BCUT2D eigenvalue weighted by molar-refractivity contribution is 0.0999. The second-order valence-electron chi connectivity index (χ2n) is 5.99. The first-order valence-electron chi connectivity index (χ1n) is 8.10.